The molecular formula is C17H30N2O3. The number of hydrogen-bond acceptors (Lipinski definition) is 4. The van der Waals surface area contributed by atoms with Gasteiger partial charge in [-0.15, -0.1) is 0 Å². The minimum absolute atomic E-state index is 0.0490. The topological polar surface area (TPSA) is 49.9 Å². The molecule has 1 aliphatic heterocycles. The van der Waals surface area contributed by atoms with Gasteiger partial charge < -0.3 is 14.5 Å². The van der Waals surface area contributed by atoms with E-state index in [1.165, 1.54) is 7.11 Å². The van der Waals surface area contributed by atoms with Gasteiger partial charge in [-0.05, 0) is 38.1 Å². The van der Waals surface area contributed by atoms with Gasteiger partial charge in [0.05, 0.1) is 13.0 Å². The van der Waals surface area contributed by atoms with Gasteiger partial charge in [0.15, 0.2) is 0 Å². The first-order valence-corrected chi connectivity index (χ1v) is 8.60. The summed E-state index contributed by atoms with van der Waals surface area (Å²) in [6, 6.07) is 0. The highest BCUT2D eigenvalue weighted by molar-refractivity contribution is 5.78. The summed E-state index contributed by atoms with van der Waals surface area (Å²) in [7, 11) is 1.48. The standard InChI is InChI=1S/C17H30N2O3/c1-13(2)16(20)19-8-4-7-18(9-10-19)12-14-5-6-15(11-14)17(21)22-3/h13-15H,4-12H2,1-3H3/t14-,15+/m0/s1. The van der Waals surface area contributed by atoms with Crippen LogP contribution < -0.4 is 0 Å². The molecule has 0 bridgehead atoms. The third-order valence-corrected chi connectivity index (χ3v) is 4.99. The predicted octanol–water partition coefficient (Wildman–Crippen LogP) is 1.77. The van der Waals surface area contributed by atoms with Gasteiger partial charge in [-0.25, -0.2) is 0 Å². The Balaban J connectivity index is 1.78. The summed E-state index contributed by atoms with van der Waals surface area (Å²) in [5, 5.41) is 0. The second-order valence-corrected chi connectivity index (χ2v) is 7.03. The fraction of sp³-hybridized carbons (Fsp3) is 0.882. The molecule has 2 aliphatic rings. The van der Waals surface area contributed by atoms with E-state index in [4.69, 9.17) is 4.74 Å². The van der Waals surface area contributed by atoms with Crippen LogP contribution in [0, 0.1) is 17.8 Å². The van der Waals surface area contributed by atoms with E-state index in [-0.39, 0.29) is 23.7 Å². The van der Waals surface area contributed by atoms with Crippen LogP contribution in [-0.4, -0.2) is 61.5 Å². The van der Waals surface area contributed by atoms with Crippen LogP contribution in [-0.2, 0) is 14.3 Å². The number of methoxy groups -OCH3 is 1. The maximum atomic E-state index is 12.1. The molecule has 0 aromatic heterocycles. The SMILES string of the molecule is COC(=O)[C@@H]1CC[C@H](CN2CCCN(C(=O)C(C)C)CC2)C1. The van der Waals surface area contributed by atoms with E-state index >= 15 is 0 Å². The molecule has 2 atom stereocenters. The van der Waals surface area contributed by atoms with Crippen molar-refractivity contribution in [2.45, 2.75) is 39.5 Å². The van der Waals surface area contributed by atoms with Gasteiger partial charge in [-0.1, -0.05) is 13.8 Å². The van der Waals surface area contributed by atoms with E-state index in [1.807, 2.05) is 18.7 Å². The summed E-state index contributed by atoms with van der Waals surface area (Å²) >= 11 is 0. The molecule has 126 valence electrons. The van der Waals surface area contributed by atoms with Gasteiger partial charge in [-0.3, -0.25) is 9.59 Å². The van der Waals surface area contributed by atoms with Gasteiger partial charge >= 0.3 is 5.97 Å². The molecule has 0 radical (unpaired) electrons. The highest BCUT2D eigenvalue weighted by Gasteiger charge is 2.32. The van der Waals surface area contributed by atoms with Crippen molar-refractivity contribution in [3.63, 3.8) is 0 Å². The molecule has 0 unspecified atom stereocenters. The summed E-state index contributed by atoms with van der Waals surface area (Å²) in [4.78, 5) is 28.2. The molecule has 5 nitrogen and oxygen atoms in total. The van der Waals surface area contributed by atoms with Crippen molar-refractivity contribution in [1.82, 2.24) is 9.80 Å². The molecule has 1 aliphatic carbocycles. The van der Waals surface area contributed by atoms with E-state index in [0.29, 0.717) is 5.92 Å². The van der Waals surface area contributed by atoms with Crippen molar-refractivity contribution >= 4 is 11.9 Å². The molecule has 0 aromatic carbocycles. The monoisotopic (exact) mass is 310 g/mol. The van der Waals surface area contributed by atoms with E-state index in [1.54, 1.807) is 0 Å². The fourth-order valence-electron chi connectivity index (χ4n) is 3.73. The lowest BCUT2D eigenvalue weighted by molar-refractivity contribution is -0.145. The highest BCUT2D eigenvalue weighted by atomic mass is 16.5. The summed E-state index contributed by atoms with van der Waals surface area (Å²) in [5.74, 6) is 1.00. The molecule has 0 N–H and O–H groups in total. The smallest absolute Gasteiger partial charge is 0.308 e. The zero-order valence-corrected chi connectivity index (χ0v) is 14.2. The second-order valence-electron chi connectivity index (χ2n) is 7.03. The van der Waals surface area contributed by atoms with E-state index in [0.717, 1.165) is 58.4 Å². The van der Waals surface area contributed by atoms with Crippen LogP contribution >= 0.6 is 0 Å². The predicted molar refractivity (Wildman–Crippen MR) is 85.3 cm³/mol. The van der Waals surface area contributed by atoms with Crippen molar-refractivity contribution in [2.75, 3.05) is 39.8 Å². The normalized spacial score (nSPS) is 27.0. The van der Waals surface area contributed by atoms with Crippen LogP contribution in [0.2, 0.25) is 0 Å². The quantitative estimate of drug-likeness (QED) is 0.743. The highest BCUT2D eigenvalue weighted by Crippen LogP contribution is 2.32. The number of ether oxygens (including phenoxy) is 1. The Kier molecular flexibility index (Phi) is 6.24. The van der Waals surface area contributed by atoms with E-state index < -0.39 is 0 Å². The molecule has 1 saturated heterocycles. The molecular weight excluding hydrogens is 280 g/mol. The zero-order chi connectivity index (χ0) is 16.1. The molecule has 0 spiro atoms. The molecule has 2 rings (SSSR count). The Morgan fingerprint density at radius 1 is 1.14 bits per heavy atom. The average Bonchev–Trinajstić information content (AvgIpc) is 2.84. The number of carbonyl (C=O) groups is 2. The third-order valence-electron chi connectivity index (χ3n) is 4.99. The van der Waals surface area contributed by atoms with Crippen LogP contribution in [0.25, 0.3) is 0 Å². The maximum absolute atomic E-state index is 12.1. The minimum Gasteiger partial charge on any atom is -0.469 e. The number of nitrogens with zero attached hydrogens (tertiary/aromatic N) is 2. The van der Waals surface area contributed by atoms with Crippen molar-refractivity contribution in [1.29, 1.82) is 0 Å². The van der Waals surface area contributed by atoms with E-state index in [2.05, 4.69) is 4.90 Å². The summed E-state index contributed by atoms with van der Waals surface area (Å²) < 4.78 is 4.86. The molecule has 0 aromatic rings. The largest absolute Gasteiger partial charge is 0.469 e. The average molecular weight is 310 g/mol. The Morgan fingerprint density at radius 3 is 2.59 bits per heavy atom. The van der Waals surface area contributed by atoms with Crippen LogP contribution in [0.1, 0.15) is 39.5 Å². The van der Waals surface area contributed by atoms with Crippen LogP contribution in [0.3, 0.4) is 0 Å². The Labute approximate surface area is 134 Å². The first kappa shape index (κ1) is 17.3. The molecule has 1 amide bonds. The first-order valence-electron chi connectivity index (χ1n) is 8.60. The summed E-state index contributed by atoms with van der Waals surface area (Å²) in [5.41, 5.74) is 0. The molecule has 22 heavy (non-hydrogen) atoms. The number of rotatable bonds is 4. The molecule has 1 heterocycles. The van der Waals surface area contributed by atoms with Crippen molar-refractivity contribution < 1.29 is 14.3 Å². The van der Waals surface area contributed by atoms with Gasteiger partial charge in [0, 0.05) is 32.1 Å². The lowest BCUT2D eigenvalue weighted by Crippen LogP contribution is -2.38. The molecule has 1 saturated carbocycles. The van der Waals surface area contributed by atoms with Crippen LogP contribution in [0.5, 0.6) is 0 Å². The van der Waals surface area contributed by atoms with Gasteiger partial charge in [0.25, 0.3) is 0 Å². The summed E-state index contributed by atoms with van der Waals surface area (Å²) in [6.07, 6.45) is 4.08. The lowest BCUT2D eigenvalue weighted by atomic mass is 10.0. The van der Waals surface area contributed by atoms with Crippen molar-refractivity contribution in [3.8, 4) is 0 Å². The number of carbonyl (C=O) groups excluding carboxylic acids is 2. The number of amides is 1. The van der Waals surface area contributed by atoms with Crippen LogP contribution in [0.4, 0.5) is 0 Å². The number of esters is 1. The second kappa shape index (κ2) is 7.95. The number of hydrogen-bond donors (Lipinski definition) is 0. The van der Waals surface area contributed by atoms with Gasteiger partial charge in [-0.2, -0.15) is 0 Å². The Bertz CT molecular complexity index is 397. The maximum Gasteiger partial charge on any atom is 0.308 e. The van der Waals surface area contributed by atoms with Crippen molar-refractivity contribution in [2.24, 2.45) is 17.8 Å². The minimum atomic E-state index is -0.0490. The fourth-order valence-corrected chi connectivity index (χ4v) is 3.73. The first-order chi connectivity index (χ1) is 10.5. The Morgan fingerprint density at radius 2 is 1.91 bits per heavy atom. The lowest BCUT2D eigenvalue weighted by Gasteiger charge is -2.25. The van der Waals surface area contributed by atoms with Gasteiger partial charge in [0.2, 0.25) is 5.91 Å². The third kappa shape index (κ3) is 4.45. The molecule has 5 heteroatoms. The van der Waals surface area contributed by atoms with E-state index in [9.17, 15) is 9.59 Å². The van der Waals surface area contributed by atoms with Gasteiger partial charge in [0.1, 0.15) is 0 Å². The zero-order valence-electron chi connectivity index (χ0n) is 14.2. The molecule has 2 fully saturated rings. The van der Waals surface area contributed by atoms with Crippen molar-refractivity contribution in [3.05, 3.63) is 0 Å². The van der Waals surface area contributed by atoms with Crippen LogP contribution in [0.15, 0.2) is 0 Å². The summed E-state index contributed by atoms with van der Waals surface area (Å²) in [6.45, 7) is 8.72. The Hall–Kier alpha value is -1.10.